The van der Waals surface area contributed by atoms with Crippen LogP contribution in [0.3, 0.4) is 0 Å². The number of amides is 2. The standard InChI is InChI=1S/C12H21F2N3O2/c1-8(18)17-10(9-4-2-3-5-9)11(19)16-7-12(13,14)6-15/h9-10H,2-7,15H2,1H3,(H,16,19)(H,17,18). The molecule has 0 spiro atoms. The van der Waals surface area contributed by atoms with Crippen molar-refractivity contribution in [3.63, 3.8) is 0 Å². The minimum atomic E-state index is -3.12. The summed E-state index contributed by atoms with van der Waals surface area (Å²) < 4.78 is 26.0. The van der Waals surface area contributed by atoms with Crippen molar-refractivity contribution in [1.82, 2.24) is 10.6 Å². The van der Waals surface area contributed by atoms with Crippen molar-refractivity contribution in [3.05, 3.63) is 0 Å². The Kier molecular flexibility index (Phi) is 5.65. The molecule has 1 aliphatic rings. The first-order chi connectivity index (χ1) is 8.85. The number of halogens is 2. The molecule has 1 atom stereocenters. The van der Waals surface area contributed by atoms with E-state index in [-0.39, 0.29) is 11.8 Å². The lowest BCUT2D eigenvalue weighted by Crippen LogP contribution is -2.52. The number of hydrogen-bond donors (Lipinski definition) is 3. The number of rotatable bonds is 6. The third-order valence-electron chi connectivity index (χ3n) is 3.33. The molecule has 2 amide bonds. The Labute approximate surface area is 111 Å². The first-order valence-electron chi connectivity index (χ1n) is 6.48. The molecule has 1 aliphatic carbocycles. The summed E-state index contributed by atoms with van der Waals surface area (Å²) in [6, 6.07) is -0.728. The lowest BCUT2D eigenvalue weighted by Gasteiger charge is -2.24. The Morgan fingerprint density at radius 3 is 2.42 bits per heavy atom. The van der Waals surface area contributed by atoms with Crippen molar-refractivity contribution in [3.8, 4) is 0 Å². The summed E-state index contributed by atoms with van der Waals surface area (Å²) in [5, 5.41) is 4.72. The molecule has 0 aromatic heterocycles. The molecule has 1 unspecified atom stereocenters. The molecule has 1 saturated carbocycles. The first-order valence-corrected chi connectivity index (χ1v) is 6.48. The maximum Gasteiger partial charge on any atom is 0.277 e. The molecular weight excluding hydrogens is 256 g/mol. The molecule has 0 radical (unpaired) electrons. The van der Waals surface area contributed by atoms with Crippen molar-refractivity contribution in [2.24, 2.45) is 11.7 Å². The monoisotopic (exact) mass is 277 g/mol. The molecule has 7 heteroatoms. The summed E-state index contributed by atoms with van der Waals surface area (Å²) in [6.45, 7) is -0.309. The van der Waals surface area contributed by atoms with E-state index in [2.05, 4.69) is 10.6 Å². The molecule has 0 saturated heterocycles. The van der Waals surface area contributed by atoms with Crippen LogP contribution in [0.2, 0.25) is 0 Å². The average Bonchev–Trinajstić information content (AvgIpc) is 2.86. The Morgan fingerprint density at radius 1 is 1.37 bits per heavy atom. The number of carbonyl (C=O) groups excluding carboxylic acids is 2. The molecule has 19 heavy (non-hydrogen) atoms. The van der Waals surface area contributed by atoms with E-state index in [0.29, 0.717) is 0 Å². The Bertz CT molecular complexity index is 331. The van der Waals surface area contributed by atoms with E-state index in [1.807, 2.05) is 0 Å². The van der Waals surface area contributed by atoms with Crippen LogP contribution in [-0.4, -0.2) is 36.9 Å². The Balaban J connectivity index is 2.58. The normalized spacial score (nSPS) is 18.1. The van der Waals surface area contributed by atoms with E-state index in [9.17, 15) is 18.4 Å². The zero-order valence-electron chi connectivity index (χ0n) is 11.0. The van der Waals surface area contributed by atoms with Crippen molar-refractivity contribution < 1.29 is 18.4 Å². The van der Waals surface area contributed by atoms with Gasteiger partial charge in [-0.1, -0.05) is 12.8 Å². The molecule has 0 aromatic carbocycles. The van der Waals surface area contributed by atoms with E-state index in [0.717, 1.165) is 25.7 Å². The second kappa shape index (κ2) is 6.79. The van der Waals surface area contributed by atoms with Crippen LogP contribution in [0.25, 0.3) is 0 Å². The third-order valence-corrected chi connectivity index (χ3v) is 3.33. The van der Waals surface area contributed by atoms with Crippen molar-refractivity contribution in [1.29, 1.82) is 0 Å². The first kappa shape index (κ1) is 15.8. The number of nitrogens with two attached hydrogens (primary N) is 1. The van der Waals surface area contributed by atoms with E-state index in [1.54, 1.807) is 0 Å². The van der Waals surface area contributed by atoms with Gasteiger partial charge < -0.3 is 16.4 Å². The number of hydrogen-bond acceptors (Lipinski definition) is 3. The van der Waals surface area contributed by atoms with Crippen molar-refractivity contribution in [2.45, 2.75) is 44.6 Å². The zero-order chi connectivity index (χ0) is 14.5. The summed E-state index contributed by atoms with van der Waals surface area (Å²) in [4.78, 5) is 23.0. The maximum atomic E-state index is 13.0. The highest BCUT2D eigenvalue weighted by atomic mass is 19.3. The summed E-state index contributed by atoms with van der Waals surface area (Å²) in [7, 11) is 0. The van der Waals surface area contributed by atoms with Gasteiger partial charge in [-0.3, -0.25) is 9.59 Å². The Morgan fingerprint density at radius 2 is 1.95 bits per heavy atom. The highest BCUT2D eigenvalue weighted by molar-refractivity contribution is 5.87. The summed E-state index contributed by atoms with van der Waals surface area (Å²) >= 11 is 0. The maximum absolute atomic E-state index is 13.0. The molecule has 0 bridgehead atoms. The van der Waals surface area contributed by atoms with Gasteiger partial charge in [0.15, 0.2) is 0 Å². The van der Waals surface area contributed by atoms with Gasteiger partial charge in [0.2, 0.25) is 11.8 Å². The van der Waals surface area contributed by atoms with E-state index >= 15 is 0 Å². The lowest BCUT2D eigenvalue weighted by atomic mass is 9.97. The van der Waals surface area contributed by atoms with Gasteiger partial charge in [-0.05, 0) is 18.8 Å². The third kappa shape index (κ3) is 5.10. The number of carbonyl (C=O) groups is 2. The van der Waals surface area contributed by atoms with Gasteiger partial charge in [0.1, 0.15) is 6.04 Å². The molecule has 1 fully saturated rings. The molecular formula is C12H21F2N3O2. The fraction of sp³-hybridized carbons (Fsp3) is 0.833. The highest BCUT2D eigenvalue weighted by Gasteiger charge is 2.33. The lowest BCUT2D eigenvalue weighted by molar-refractivity contribution is -0.130. The van der Waals surface area contributed by atoms with Gasteiger partial charge in [-0.25, -0.2) is 8.78 Å². The molecule has 0 aromatic rings. The molecule has 0 aliphatic heterocycles. The largest absolute Gasteiger partial charge is 0.348 e. The average molecular weight is 277 g/mol. The molecule has 0 heterocycles. The predicted octanol–water partition coefficient (Wildman–Crippen LogP) is 0.392. The van der Waals surface area contributed by atoms with Crippen molar-refractivity contribution >= 4 is 11.8 Å². The van der Waals surface area contributed by atoms with Gasteiger partial charge in [-0.15, -0.1) is 0 Å². The van der Waals surface area contributed by atoms with Crippen LogP contribution in [-0.2, 0) is 9.59 Å². The fourth-order valence-corrected chi connectivity index (χ4v) is 2.31. The summed E-state index contributed by atoms with van der Waals surface area (Å²) in [6.07, 6.45) is 3.64. The molecule has 4 N–H and O–H groups in total. The van der Waals surface area contributed by atoms with Gasteiger partial charge in [-0.2, -0.15) is 0 Å². The van der Waals surface area contributed by atoms with Gasteiger partial charge in [0.25, 0.3) is 5.92 Å². The fourth-order valence-electron chi connectivity index (χ4n) is 2.31. The highest BCUT2D eigenvalue weighted by Crippen LogP contribution is 2.28. The quantitative estimate of drug-likeness (QED) is 0.656. The smallest absolute Gasteiger partial charge is 0.277 e. The summed E-state index contributed by atoms with van der Waals surface area (Å²) in [5.41, 5.74) is 4.90. The van der Waals surface area contributed by atoms with Crippen LogP contribution < -0.4 is 16.4 Å². The van der Waals surface area contributed by atoms with Gasteiger partial charge >= 0.3 is 0 Å². The summed E-state index contributed by atoms with van der Waals surface area (Å²) in [5.74, 6) is -3.99. The molecule has 5 nitrogen and oxygen atoms in total. The van der Waals surface area contributed by atoms with Crippen molar-refractivity contribution in [2.75, 3.05) is 13.1 Å². The predicted molar refractivity (Wildman–Crippen MR) is 66.6 cm³/mol. The van der Waals surface area contributed by atoms with E-state index in [4.69, 9.17) is 5.73 Å². The minimum absolute atomic E-state index is 0.0235. The van der Waals surface area contributed by atoms with Crippen LogP contribution in [0, 0.1) is 5.92 Å². The van der Waals surface area contributed by atoms with Gasteiger partial charge in [0.05, 0.1) is 13.1 Å². The second-order valence-corrected chi connectivity index (χ2v) is 5.00. The van der Waals surface area contributed by atoms with Gasteiger partial charge in [0, 0.05) is 6.92 Å². The van der Waals surface area contributed by atoms with Crippen LogP contribution in [0.4, 0.5) is 8.78 Å². The molecule has 110 valence electrons. The van der Waals surface area contributed by atoms with Crippen LogP contribution >= 0.6 is 0 Å². The van der Waals surface area contributed by atoms with Crippen LogP contribution in [0.5, 0.6) is 0 Å². The van der Waals surface area contributed by atoms with Crippen LogP contribution in [0.1, 0.15) is 32.6 Å². The topological polar surface area (TPSA) is 84.2 Å². The van der Waals surface area contributed by atoms with E-state index < -0.39 is 31.0 Å². The second-order valence-electron chi connectivity index (χ2n) is 5.00. The zero-order valence-corrected chi connectivity index (χ0v) is 11.0. The number of alkyl halides is 2. The van der Waals surface area contributed by atoms with Crippen LogP contribution in [0.15, 0.2) is 0 Å². The minimum Gasteiger partial charge on any atom is -0.348 e. The molecule has 1 rings (SSSR count). The number of nitrogens with one attached hydrogen (secondary N) is 2. The van der Waals surface area contributed by atoms with E-state index in [1.165, 1.54) is 6.92 Å². The SMILES string of the molecule is CC(=O)NC(C(=O)NCC(F)(F)CN)C1CCCC1. The Hall–Kier alpha value is -1.24.